The Morgan fingerprint density at radius 1 is 0.929 bits per heavy atom. The second kappa shape index (κ2) is 7.16. The van der Waals surface area contributed by atoms with Crippen molar-refractivity contribution < 1.29 is 13.2 Å². The number of carbonyl (C=O) groups excluding carboxylic acids is 1. The number of hydrogen-bond acceptors (Lipinski definition) is 4. The molecule has 0 radical (unpaired) electrons. The van der Waals surface area contributed by atoms with Crippen LogP contribution in [0.1, 0.15) is 20.8 Å². The number of hydrogen-bond donors (Lipinski definition) is 3. The average Bonchev–Trinajstić information content (AvgIpc) is 2.62. The minimum absolute atomic E-state index is 0.116. The molecule has 146 valence electrons. The summed E-state index contributed by atoms with van der Waals surface area (Å²) in [5.41, 5.74) is 6.96. The molecule has 3 aromatic carbocycles. The molecule has 0 aromatic heterocycles. The molecule has 4 N–H and O–H groups in total. The summed E-state index contributed by atoms with van der Waals surface area (Å²) in [7, 11) is -3.77. The van der Waals surface area contributed by atoms with E-state index >= 15 is 0 Å². The molecule has 1 amide bonds. The Balaban J connectivity index is 1.81. The maximum absolute atomic E-state index is 12.7. The van der Waals surface area contributed by atoms with Crippen LogP contribution >= 0.6 is 0 Å². The molecule has 0 saturated carbocycles. The fraction of sp³-hybridized carbons (Fsp3) is 0.190. The van der Waals surface area contributed by atoms with Gasteiger partial charge in [0.1, 0.15) is 0 Å². The van der Waals surface area contributed by atoms with E-state index in [-0.39, 0.29) is 10.8 Å². The molecular formula is C21H23N3O3S. The first-order valence-electron chi connectivity index (χ1n) is 8.79. The largest absolute Gasteiger partial charge is 0.398 e. The highest BCUT2D eigenvalue weighted by Crippen LogP contribution is 2.26. The fourth-order valence-corrected chi connectivity index (χ4v) is 3.68. The molecule has 0 aliphatic heterocycles. The third-order valence-corrected chi connectivity index (χ3v) is 5.65. The van der Waals surface area contributed by atoms with Crippen LogP contribution in [0.3, 0.4) is 0 Å². The van der Waals surface area contributed by atoms with Crippen LogP contribution in [0, 0.1) is 5.41 Å². The Hall–Kier alpha value is -3.06. The van der Waals surface area contributed by atoms with Crippen LogP contribution in [0.4, 0.5) is 17.1 Å². The number of rotatable bonds is 4. The second-order valence-electron chi connectivity index (χ2n) is 7.62. The van der Waals surface area contributed by atoms with Gasteiger partial charge in [-0.15, -0.1) is 0 Å². The third kappa shape index (κ3) is 4.26. The first kappa shape index (κ1) is 19.7. The number of nitrogen functional groups attached to an aromatic ring is 1. The van der Waals surface area contributed by atoms with Gasteiger partial charge in [-0.1, -0.05) is 39.0 Å². The number of nitrogens with one attached hydrogen (secondary N) is 2. The first-order chi connectivity index (χ1) is 13.1. The van der Waals surface area contributed by atoms with E-state index in [1.54, 1.807) is 48.5 Å². The number of carbonyl (C=O) groups is 1. The van der Waals surface area contributed by atoms with Crippen molar-refractivity contribution in [2.75, 3.05) is 15.8 Å². The van der Waals surface area contributed by atoms with Gasteiger partial charge in [-0.3, -0.25) is 9.52 Å². The van der Waals surface area contributed by atoms with Crippen molar-refractivity contribution in [2.45, 2.75) is 25.7 Å². The topological polar surface area (TPSA) is 101 Å². The van der Waals surface area contributed by atoms with Gasteiger partial charge in [0.15, 0.2) is 0 Å². The second-order valence-corrected chi connectivity index (χ2v) is 9.30. The van der Waals surface area contributed by atoms with Gasteiger partial charge in [0.2, 0.25) is 5.91 Å². The molecule has 0 unspecified atom stereocenters. The van der Waals surface area contributed by atoms with Gasteiger partial charge in [-0.25, -0.2) is 8.42 Å². The molecule has 6 nitrogen and oxygen atoms in total. The highest BCUT2D eigenvalue weighted by Gasteiger charge is 2.21. The maximum Gasteiger partial charge on any atom is 0.261 e. The molecule has 28 heavy (non-hydrogen) atoms. The summed E-state index contributed by atoms with van der Waals surface area (Å²) >= 11 is 0. The summed E-state index contributed by atoms with van der Waals surface area (Å²) in [5.74, 6) is -0.116. The van der Waals surface area contributed by atoms with E-state index in [1.165, 1.54) is 0 Å². The van der Waals surface area contributed by atoms with Gasteiger partial charge in [0.05, 0.1) is 4.90 Å². The molecule has 3 aromatic rings. The predicted molar refractivity (Wildman–Crippen MR) is 114 cm³/mol. The Morgan fingerprint density at radius 2 is 1.57 bits per heavy atom. The lowest BCUT2D eigenvalue weighted by Gasteiger charge is -2.17. The minimum Gasteiger partial charge on any atom is -0.398 e. The van der Waals surface area contributed by atoms with Crippen molar-refractivity contribution in [3.63, 3.8) is 0 Å². The third-order valence-electron chi connectivity index (χ3n) is 4.27. The summed E-state index contributed by atoms with van der Waals surface area (Å²) in [4.78, 5) is 12.2. The number of sulfonamides is 1. The smallest absolute Gasteiger partial charge is 0.261 e. The van der Waals surface area contributed by atoms with E-state index in [4.69, 9.17) is 5.73 Å². The molecule has 0 aliphatic carbocycles. The first-order valence-corrected chi connectivity index (χ1v) is 10.3. The monoisotopic (exact) mass is 397 g/mol. The van der Waals surface area contributed by atoms with Crippen LogP contribution in [0.5, 0.6) is 0 Å². The van der Waals surface area contributed by atoms with Crippen molar-refractivity contribution in [3.8, 4) is 0 Å². The van der Waals surface area contributed by atoms with E-state index in [0.29, 0.717) is 22.4 Å². The number of fused-ring (bicyclic) bond motifs is 1. The van der Waals surface area contributed by atoms with Gasteiger partial charge in [0, 0.05) is 27.9 Å². The van der Waals surface area contributed by atoms with Crippen molar-refractivity contribution in [1.82, 2.24) is 0 Å². The minimum atomic E-state index is -3.77. The van der Waals surface area contributed by atoms with Gasteiger partial charge in [-0.2, -0.15) is 0 Å². The average molecular weight is 398 g/mol. The van der Waals surface area contributed by atoms with Crippen LogP contribution in [0.2, 0.25) is 0 Å². The van der Waals surface area contributed by atoms with Gasteiger partial charge >= 0.3 is 0 Å². The summed E-state index contributed by atoms with van der Waals surface area (Å²) in [6.07, 6.45) is 0. The number of benzene rings is 3. The zero-order valence-corrected chi connectivity index (χ0v) is 16.8. The molecule has 3 rings (SSSR count). The van der Waals surface area contributed by atoms with E-state index < -0.39 is 15.4 Å². The van der Waals surface area contributed by atoms with Crippen molar-refractivity contribution in [3.05, 3.63) is 60.7 Å². The lowest BCUT2D eigenvalue weighted by Crippen LogP contribution is -2.27. The molecule has 0 bridgehead atoms. The highest BCUT2D eigenvalue weighted by molar-refractivity contribution is 7.92. The lowest BCUT2D eigenvalue weighted by molar-refractivity contribution is -0.123. The Kier molecular flexibility index (Phi) is 5.04. The number of anilines is 3. The van der Waals surface area contributed by atoms with E-state index in [9.17, 15) is 13.2 Å². The molecule has 0 atom stereocenters. The summed E-state index contributed by atoms with van der Waals surface area (Å²) < 4.78 is 28.0. The van der Waals surface area contributed by atoms with E-state index in [1.807, 2.05) is 32.9 Å². The number of amides is 1. The maximum atomic E-state index is 12.7. The molecule has 0 fully saturated rings. The van der Waals surface area contributed by atoms with Gasteiger partial charge in [0.25, 0.3) is 10.0 Å². The standard InChI is InChI=1S/C21H23N3O3S/c1-21(2,3)20(25)23-15-8-10-16(11-9-15)24-28(26,27)17-12-7-14-5-4-6-19(22)18(14)13-17/h4-13,24H,22H2,1-3H3,(H,23,25). The zero-order chi connectivity index (χ0) is 20.5. The Morgan fingerprint density at radius 3 is 2.21 bits per heavy atom. The predicted octanol–water partition coefficient (Wildman–Crippen LogP) is 4.21. The zero-order valence-electron chi connectivity index (χ0n) is 16.0. The molecule has 0 saturated heterocycles. The molecular weight excluding hydrogens is 374 g/mol. The Labute approximate surface area is 164 Å². The van der Waals surface area contributed by atoms with Crippen molar-refractivity contribution in [2.24, 2.45) is 5.41 Å². The van der Waals surface area contributed by atoms with Crippen LogP contribution in [0.25, 0.3) is 10.8 Å². The van der Waals surface area contributed by atoms with Crippen molar-refractivity contribution in [1.29, 1.82) is 0 Å². The van der Waals surface area contributed by atoms with E-state index in [2.05, 4.69) is 10.0 Å². The van der Waals surface area contributed by atoms with Gasteiger partial charge < -0.3 is 11.1 Å². The normalized spacial score (nSPS) is 12.0. The van der Waals surface area contributed by atoms with E-state index in [0.717, 1.165) is 5.39 Å². The molecule has 7 heteroatoms. The van der Waals surface area contributed by atoms with Crippen LogP contribution in [-0.2, 0) is 14.8 Å². The molecule has 0 heterocycles. The SMILES string of the molecule is CC(C)(C)C(=O)Nc1ccc(NS(=O)(=O)c2ccc3cccc(N)c3c2)cc1. The summed E-state index contributed by atoms with van der Waals surface area (Å²) in [6, 6.07) is 16.8. The van der Waals surface area contributed by atoms with Crippen LogP contribution in [-0.4, -0.2) is 14.3 Å². The Bertz CT molecular complexity index is 1130. The molecule has 0 spiro atoms. The summed E-state index contributed by atoms with van der Waals surface area (Å²) in [6.45, 7) is 5.46. The van der Waals surface area contributed by atoms with Crippen molar-refractivity contribution >= 4 is 43.8 Å². The highest BCUT2D eigenvalue weighted by atomic mass is 32.2. The molecule has 0 aliphatic rings. The van der Waals surface area contributed by atoms with Crippen LogP contribution < -0.4 is 15.8 Å². The summed E-state index contributed by atoms with van der Waals surface area (Å²) in [5, 5.41) is 4.36. The number of nitrogens with two attached hydrogens (primary N) is 1. The lowest BCUT2D eigenvalue weighted by atomic mass is 9.95. The fourth-order valence-electron chi connectivity index (χ4n) is 2.60. The van der Waals surface area contributed by atoms with Gasteiger partial charge in [-0.05, 0) is 47.9 Å². The quantitative estimate of drug-likeness (QED) is 0.574. The van der Waals surface area contributed by atoms with Crippen LogP contribution in [0.15, 0.2) is 65.6 Å².